The van der Waals surface area contributed by atoms with Gasteiger partial charge >= 0.3 is 5.78 Å². The molecule has 0 spiro atoms. The number of rotatable bonds is 3. The fourth-order valence-electron chi connectivity index (χ4n) is 1.89. The van der Waals surface area contributed by atoms with Crippen LogP contribution < -0.4 is 4.74 Å². The molecule has 2 nitrogen and oxygen atoms in total. The molecule has 3 rings (SSSR count). The van der Waals surface area contributed by atoms with Gasteiger partial charge in [-0.25, -0.2) is 0 Å². The van der Waals surface area contributed by atoms with Crippen molar-refractivity contribution in [3.05, 3.63) is 44.8 Å². The van der Waals surface area contributed by atoms with Gasteiger partial charge in [-0.15, -0.1) is 22.7 Å². The minimum absolute atomic E-state index is 0.906. The number of hydrogen-bond donors (Lipinski definition) is 0. The van der Waals surface area contributed by atoms with Crippen LogP contribution in [0, 0.1) is 0 Å². The summed E-state index contributed by atoms with van der Waals surface area (Å²) >= 11 is 5.15. The van der Waals surface area contributed by atoms with Crippen molar-refractivity contribution in [3.63, 3.8) is 0 Å². The molecule has 3 heterocycles. The van der Waals surface area contributed by atoms with Crippen molar-refractivity contribution >= 4 is 46.3 Å². The van der Waals surface area contributed by atoms with Crippen LogP contribution in [0.1, 0.15) is 4.88 Å². The molecule has 0 fully saturated rings. The van der Waals surface area contributed by atoms with Gasteiger partial charge in [-0.2, -0.15) is 0 Å². The van der Waals surface area contributed by atoms with Crippen molar-refractivity contribution in [3.8, 4) is 15.5 Å². The number of ether oxygens (including phenoxy) is 1. The summed E-state index contributed by atoms with van der Waals surface area (Å²) in [5.74, 6) is 1.82. The lowest BCUT2D eigenvalue weighted by Crippen LogP contribution is -1.93. The molecule has 0 saturated heterocycles. The molecule has 2 aromatic rings. The van der Waals surface area contributed by atoms with Crippen molar-refractivity contribution in [2.24, 2.45) is 0 Å². The molecular weight excluding hydrogens is 308 g/mol. The van der Waals surface area contributed by atoms with Crippen LogP contribution in [0.4, 0.5) is 0 Å². The molecule has 0 aliphatic carbocycles. The Labute approximate surface area is 130 Å². The molecule has 20 heavy (non-hydrogen) atoms. The second-order valence-corrected chi connectivity index (χ2v) is 7.00. The van der Waals surface area contributed by atoms with Gasteiger partial charge < -0.3 is 4.74 Å². The molecule has 0 N–H and O–H groups in total. The Morgan fingerprint density at radius 1 is 1.30 bits per heavy atom. The monoisotopic (exact) mass is 321 g/mol. The largest absolute Gasteiger partial charge is 0.495 e. The van der Waals surface area contributed by atoms with Gasteiger partial charge in [0.2, 0.25) is 0 Å². The van der Waals surface area contributed by atoms with Gasteiger partial charge in [0, 0.05) is 15.8 Å². The number of carbonyl (C=O) groups excluding carboxylic acids is 1. The number of allylic oxidation sites excluding steroid dienone is 2. The fourth-order valence-corrected chi connectivity index (χ4v) is 4.65. The summed E-state index contributed by atoms with van der Waals surface area (Å²) in [6, 6.07) is 6.30. The van der Waals surface area contributed by atoms with E-state index < -0.39 is 0 Å². The van der Waals surface area contributed by atoms with Crippen LogP contribution >= 0.6 is 34.4 Å². The molecule has 0 radical (unpaired) electrons. The van der Waals surface area contributed by atoms with Crippen molar-refractivity contribution in [1.82, 2.24) is 0 Å². The zero-order valence-electron chi connectivity index (χ0n) is 11.1. The Balaban J connectivity index is 2.00. The molecule has 0 bridgehead atoms. The molecule has 0 unspecified atom stereocenters. The fraction of sp³-hybridized carbons (Fsp3) is 0.133. The smallest absolute Gasteiger partial charge is 0.357 e. The third-order valence-corrected chi connectivity index (χ3v) is 5.82. The molecule has 1 aliphatic heterocycles. The number of thiophene rings is 2. The highest BCUT2D eigenvalue weighted by Gasteiger charge is 2.21. The van der Waals surface area contributed by atoms with Gasteiger partial charge in [0.25, 0.3) is 7.11 Å². The highest BCUT2D eigenvalue weighted by atomic mass is 32.2. The first-order chi connectivity index (χ1) is 9.81. The third-order valence-electron chi connectivity index (χ3n) is 2.85. The second-order valence-electron chi connectivity index (χ2n) is 4.02. The van der Waals surface area contributed by atoms with Crippen LogP contribution in [0.25, 0.3) is 15.8 Å². The number of hydrogen-bond acceptors (Lipinski definition) is 4. The van der Waals surface area contributed by atoms with E-state index in [0.29, 0.717) is 0 Å². The first-order valence-electron chi connectivity index (χ1n) is 5.99. The molecule has 0 amide bonds. The average molecular weight is 321 g/mol. The number of thioether (sulfide) groups is 1. The maximum absolute atomic E-state index is 5.49. The average Bonchev–Trinajstić information content (AvgIpc) is 3.19. The van der Waals surface area contributed by atoms with E-state index in [4.69, 9.17) is 9.16 Å². The van der Waals surface area contributed by atoms with Gasteiger partial charge in [-0.3, -0.25) is 4.42 Å². The van der Waals surface area contributed by atoms with E-state index in [1.54, 1.807) is 48.7 Å². The van der Waals surface area contributed by atoms with Gasteiger partial charge in [-0.1, -0.05) is 17.8 Å². The van der Waals surface area contributed by atoms with Crippen LogP contribution in [-0.2, 0) is 4.42 Å². The summed E-state index contributed by atoms with van der Waals surface area (Å²) in [5.41, 5.74) is 0. The normalized spacial score (nSPS) is 18.3. The summed E-state index contributed by atoms with van der Waals surface area (Å²) in [6.45, 7) is 0. The topological polar surface area (TPSA) is 20.5 Å². The molecule has 0 saturated carbocycles. The van der Waals surface area contributed by atoms with Crippen LogP contribution in [0.3, 0.4) is 0 Å². The standard InChI is InChI=1S/C15H13O2S3/c1-16-10-5-7-19-13(10)9-14-11(17-2)8-15(20-14)12-4-3-6-18-12/h3-9H,1-2H3/q+1/b13-9+. The van der Waals surface area contributed by atoms with Gasteiger partial charge in [0.05, 0.1) is 18.1 Å². The predicted octanol–water partition coefficient (Wildman–Crippen LogP) is 4.82. The highest BCUT2D eigenvalue weighted by molar-refractivity contribution is 8.07. The van der Waals surface area contributed by atoms with Gasteiger partial charge in [0.1, 0.15) is 10.7 Å². The Kier molecular flexibility index (Phi) is 4.10. The Morgan fingerprint density at radius 3 is 2.90 bits per heavy atom. The SMILES string of the molecule is COc1cc(-c2cccs2)sc1/C=C1/SC=CC1=[O+]C. The van der Waals surface area contributed by atoms with Gasteiger partial charge in [0.15, 0.2) is 0 Å². The predicted molar refractivity (Wildman–Crippen MR) is 89.8 cm³/mol. The van der Waals surface area contributed by atoms with Crippen LogP contribution in [-0.4, -0.2) is 20.0 Å². The first kappa shape index (κ1) is 13.7. The molecule has 2 aromatic heterocycles. The van der Waals surface area contributed by atoms with E-state index >= 15 is 0 Å². The van der Waals surface area contributed by atoms with E-state index in [2.05, 4.69) is 29.7 Å². The Morgan fingerprint density at radius 2 is 2.20 bits per heavy atom. The lowest BCUT2D eigenvalue weighted by Gasteiger charge is -1.96. The summed E-state index contributed by atoms with van der Waals surface area (Å²) in [5, 5.41) is 4.12. The molecule has 1 aliphatic rings. The minimum atomic E-state index is 0.906. The molecule has 5 heteroatoms. The zero-order valence-corrected chi connectivity index (χ0v) is 13.5. The second kappa shape index (κ2) is 5.99. The Bertz CT molecular complexity index is 691. The zero-order chi connectivity index (χ0) is 13.9. The molecule has 0 aromatic carbocycles. The van der Waals surface area contributed by atoms with Crippen molar-refractivity contribution in [1.29, 1.82) is 0 Å². The van der Waals surface area contributed by atoms with E-state index in [0.717, 1.165) is 21.3 Å². The van der Waals surface area contributed by atoms with E-state index in [1.165, 1.54) is 9.75 Å². The quantitative estimate of drug-likeness (QED) is 0.597. The van der Waals surface area contributed by atoms with Crippen LogP contribution in [0.5, 0.6) is 5.75 Å². The lowest BCUT2D eigenvalue weighted by atomic mass is 10.3. The summed E-state index contributed by atoms with van der Waals surface area (Å²) in [6.07, 6.45) is 4.11. The van der Waals surface area contributed by atoms with E-state index in [-0.39, 0.29) is 0 Å². The lowest BCUT2D eigenvalue weighted by molar-refractivity contribution is -0.417. The summed E-state index contributed by atoms with van der Waals surface area (Å²) in [7, 11) is 3.41. The van der Waals surface area contributed by atoms with Gasteiger partial charge in [-0.05, 0) is 22.9 Å². The highest BCUT2D eigenvalue weighted by Crippen LogP contribution is 2.40. The van der Waals surface area contributed by atoms with Crippen LogP contribution in [0.2, 0.25) is 0 Å². The summed E-state index contributed by atoms with van der Waals surface area (Å²) < 4.78 is 10.8. The summed E-state index contributed by atoms with van der Waals surface area (Å²) in [4.78, 5) is 4.74. The number of methoxy groups -OCH3 is 1. The van der Waals surface area contributed by atoms with E-state index in [1.807, 2.05) is 11.5 Å². The molecule has 102 valence electrons. The van der Waals surface area contributed by atoms with Crippen molar-refractivity contribution < 1.29 is 9.16 Å². The minimum Gasteiger partial charge on any atom is -0.495 e. The Hall–Kier alpha value is -1.30. The first-order valence-corrected chi connectivity index (χ1v) is 8.57. The van der Waals surface area contributed by atoms with Crippen LogP contribution in [0.15, 0.2) is 40.0 Å². The van der Waals surface area contributed by atoms with Crippen molar-refractivity contribution in [2.75, 3.05) is 14.2 Å². The van der Waals surface area contributed by atoms with Crippen molar-refractivity contribution in [2.45, 2.75) is 0 Å². The van der Waals surface area contributed by atoms with E-state index in [9.17, 15) is 0 Å². The maximum Gasteiger partial charge on any atom is 0.357 e. The third kappa shape index (κ3) is 2.61. The number of ketones is 1. The molecule has 0 atom stereocenters. The molecular formula is C15H13O2S3+. The maximum atomic E-state index is 5.49.